The minimum Gasteiger partial charge on any atom is -0.478 e. The molecule has 0 saturated heterocycles. The van der Waals surface area contributed by atoms with E-state index in [0.717, 1.165) is 6.07 Å². The van der Waals surface area contributed by atoms with Crippen LogP contribution in [0.3, 0.4) is 0 Å². The van der Waals surface area contributed by atoms with Crippen molar-refractivity contribution in [2.45, 2.75) is 18.7 Å². The second kappa shape index (κ2) is 6.85. The molecule has 2 rings (SSSR count). The van der Waals surface area contributed by atoms with Gasteiger partial charge in [-0.3, -0.25) is 9.52 Å². The summed E-state index contributed by atoms with van der Waals surface area (Å²) in [7, 11) is -4.07. The van der Waals surface area contributed by atoms with Gasteiger partial charge >= 0.3 is 5.97 Å². The third kappa shape index (κ3) is 3.99. The number of rotatable bonds is 5. The van der Waals surface area contributed by atoms with E-state index in [0.29, 0.717) is 15.6 Å². The van der Waals surface area contributed by atoms with Crippen LogP contribution in [0.2, 0.25) is 0 Å². The number of anilines is 1. The highest BCUT2D eigenvalue weighted by molar-refractivity contribution is 9.10. The van der Waals surface area contributed by atoms with Crippen LogP contribution in [0.15, 0.2) is 39.7 Å². The summed E-state index contributed by atoms with van der Waals surface area (Å²) in [5.41, 5.74) is 6.42. The number of hydrogen-bond donors (Lipinski definition) is 3. The number of nitrogens with one attached hydrogen (secondary N) is 1. The Morgan fingerprint density at radius 3 is 2.36 bits per heavy atom. The van der Waals surface area contributed by atoms with Gasteiger partial charge in [0.15, 0.2) is 0 Å². The summed E-state index contributed by atoms with van der Waals surface area (Å²) < 4.78 is 28.0. The molecule has 0 saturated carbocycles. The van der Waals surface area contributed by atoms with E-state index < -0.39 is 21.9 Å². The molecule has 1 amide bonds. The van der Waals surface area contributed by atoms with Crippen LogP contribution in [0.1, 0.15) is 31.8 Å². The molecule has 0 aliphatic heterocycles. The van der Waals surface area contributed by atoms with Crippen LogP contribution in [0.5, 0.6) is 0 Å². The zero-order valence-electron chi connectivity index (χ0n) is 13.3. The molecule has 0 aromatic heterocycles. The van der Waals surface area contributed by atoms with E-state index in [1.165, 1.54) is 18.2 Å². The Morgan fingerprint density at radius 2 is 1.80 bits per heavy atom. The lowest BCUT2D eigenvalue weighted by molar-refractivity contribution is 0.0695. The molecule has 25 heavy (non-hydrogen) atoms. The van der Waals surface area contributed by atoms with Crippen molar-refractivity contribution in [1.29, 1.82) is 0 Å². The number of halogens is 1. The lowest BCUT2D eigenvalue weighted by Gasteiger charge is -2.13. The largest absolute Gasteiger partial charge is 0.478 e. The van der Waals surface area contributed by atoms with Gasteiger partial charge in [-0.15, -0.1) is 0 Å². The average molecular weight is 427 g/mol. The van der Waals surface area contributed by atoms with Crippen LogP contribution < -0.4 is 10.5 Å². The summed E-state index contributed by atoms with van der Waals surface area (Å²) in [5.74, 6) is -1.92. The number of carboxylic acids is 1. The second-order valence-electron chi connectivity index (χ2n) is 5.38. The molecule has 0 spiro atoms. The van der Waals surface area contributed by atoms with Crippen molar-refractivity contribution in [2.24, 2.45) is 5.73 Å². The van der Waals surface area contributed by atoms with Gasteiger partial charge in [-0.25, -0.2) is 13.2 Å². The first-order valence-corrected chi connectivity index (χ1v) is 9.27. The number of benzene rings is 2. The number of sulfonamides is 1. The molecule has 0 unspecified atom stereocenters. The van der Waals surface area contributed by atoms with E-state index in [-0.39, 0.29) is 21.7 Å². The molecule has 0 aliphatic carbocycles. The van der Waals surface area contributed by atoms with Crippen LogP contribution in [-0.2, 0) is 10.0 Å². The SMILES string of the molecule is Cc1ccc(C(N)=O)cc1NS(=O)(=O)c1cc(Br)c(C)c(C(=O)O)c1. The Hall–Kier alpha value is -2.39. The Kier molecular flexibility index (Phi) is 5.19. The maximum absolute atomic E-state index is 12.6. The van der Waals surface area contributed by atoms with Crippen LogP contribution >= 0.6 is 15.9 Å². The van der Waals surface area contributed by atoms with Crippen LogP contribution in [0.25, 0.3) is 0 Å². The number of carbonyl (C=O) groups excluding carboxylic acids is 1. The molecule has 0 atom stereocenters. The number of carboxylic acid groups (broad SMARTS) is 1. The van der Waals surface area contributed by atoms with Gasteiger partial charge in [-0.05, 0) is 49.2 Å². The number of primary amides is 1. The predicted molar refractivity (Wildman–Crippen MR) is 96.3 cm³/mol. The number of aryl methyl sites for hydroxylation is 1. The van der Waals surface area contributed by atoms with Crippen molar-refractivity contribution >= 4 is 43.5 Å². The fraction of sp³-hybridized carbons (Fsp3) is 0.125. The number of nitrogens with two attached hydrogens (primary N) is 1. The monoisotopic (exact) mass is 426 g/mol. The second-order valence-corrected chi connectivity index (χ2v) is 7.92. The van der Waals surface area contributed by atoms with Crippen molar-refractivity contribution < 1.29 is 23.1 Å². The normalized spacial score (nSPS) is 11.2. The fourth-order valence-corrected chi connectivity index (χ4v) is 3.91. The molecule has 132 valence electrons. The lowest BCUT2D eigenvalue weighted by atomic mass is 10.1. The molecule has 9 heteroatoms. The molecule has 0 radical (unpaired) electrons. The molecular weight excluding hydrogens is 412 g/mol. The number of carbonyl (C=O) groups is 2. The Labute approximate surface area is 153 Å². The number of amides is 1. The van der Waals surface area contributed by atoms with Gasteiger partial charge in [0.25, 0.3) is 10.0 Å². The van der Waals surface area contributed by atoms with Crippen LogP contribution in [0.4, 0.5) is 5.69 Å². The molecular formula is C16H15BrN2O5S. The lowest BCUT2D eigenvalue weighted by Crippen LogP contribution is -2.17. The third-order valence-corrected chi connectivity index (χ3v) is 5.79. The van der Waals surface area contributed by atoms with Crippen molar-refractivity contribution in [1.82, 2.24) is 0 Å². The van der Waals surface area contributed by atoms with Crippen molar-refractivity contribution in [3.63, 3.8) is 0 Å². The quantitative estimate of drug-likeness (QED) is 0.676. The van der Waals surface area contributed by atoms with Gasteiger partial charge in [-0.1, -0.05) is 22.0 Å². The van der Waals surface area contributed by atoms with E-state index in [1.807, 2.05) is 0 Å². The fourth-order valence-electron chi connectivity index (χ4n) is 2.12. The topological polar surface area (TPSA) is 127 Å². The Bertz CT molecular complexity index is 986. The molecule has 2 aromatic carbocycles. The van der Waals surface area contributed by atoms with Gasteiger partial charge in [0.2, 0.25) is 5.91 Å². The van der Waals surface area contributed by atoms with Crippen molar-refractivity contribution in [2.75, 3.05) is 4.72 Å². The van der Waals surface area contributed by atoms with Crippen LogP contribution in [0, 0.1) is 13.8 Å². The minimum absolute atomic E-state index is 0.127. The zero-order chi connectivity index (χ0) is 18.9. The molecule has 2 aromatic rings. The van der Waals surface area contributed by atoms with E-state index in [4.69, 9.17) is 5.73 Å². The molecule has 7 nitrogen and oxygen atoms in total. The first kappa shape index (κ1) is 18.9. The van der Waals surface area contributed by atoms with E-state index >= 15 is 0 Å². The molecule has 0 aliphatic rings. The zero-order valence-corrected chi connectivity index (χ0v) is 15.7. The third-order valence-electron chi connectivity index (χ3n) is 3.62. The highest BCUT2D eigenvalue weighted by Crippen LogP contribution is 2.27. The van der Waals surface area contributed by atoms with E-state index in [9.17, 15) is 23.1 Å². The summed E-state index contributed by atoms with van der Waals surface area (Å²) in [4.78, 5) is 22.4. The summed E-state index contributed by atoms with van der Waals surface area (Å²) in [6.45, 7) is 3.23. The molecule has 0 heterocycles. The van der Waals surface area contributed by atoms with Crippen molar-refractivity contribution in [3.8, 4) is 0 Å². The van der Waals surface area contributed by atoms with Gasteiger partial charge in [-0.2, -0.15) is 0 Å². The van der Waals surface area contributed by atoms with Gasteiger partial charge in [0, 0.05) is 10.0 Å². The predicted octanol–water partition coefficient (Wildman–Crippen LogP) is 2.66. The highest BCUT2D eigenvalue weighted by atomic mass is 79.9. The Morgan fingerprint density at radius 1 is 1.16 bits per heavy atom. The van der Waals surface area contributed by atoms with E-state index in [1.54, 1.807) is 19.9 Å². The highest BCUT2D eigenvalue weighted by Gasteiger charge is 2.21. The first-order valence-electron chi connectivity index (χ1n) is 6.99. The number of hydrogen-bond acceptors (Lipinski definition) is 4. The van der Waals surface area contributed by atoms with Gasteiger partial charge in [0.05, 0.1) is 16.1 Å². The van der Waals surface area contributed by atoms with Gasteiger partial charge in [0.1, 0.15) is 0 Å². The summed E-state index contributed by atoms with van der Waals surface area (Å²) >= 11 is 3.17. The summed E-state index contributed by atoms with van der Waals surface area (Å²) in [5, 5.41) is 9.22. The van der Waals surface area contributed by atoms with Gasteiger partial charge < -0.3 is 10.8 Å². The Balaban J connectivity index is 2.52. The molecule has 0 fully saturated rings. The summed E-state index contributed by atoms with van der Waals surface area (Å²) in [6, 6.07) is 6.78. The van der Waals surface area contributed by atoms with Crippen LogP contribution in [-0.4, -0.2) is 25.4 Å². The minimum atomic E-state index is -4.07. The van der Waals surface area contributed by atoms with Crippen molar-refractivity contribution in [3.05, 3.63) is 57.1 Å². The first-order chi connectivity index (χ1) is 11.5. The maximum atomic E-state index is 12.6. The maximum Gasteiger partial charge on any atom is 0.336 e. The number of aromatic carboxylic acids is 1. The standard InChI is InChI=1S/C16H15BrN2O5S/c1-8-3-4-10(15(18)20)5-14(8)19-25(23,24)11-6-12(16(21)22)9(2)13(17)7-11/h3-7,19H,1-2H3,(H2,18,20)(H,21,22). The molecule has 0 bridgehead atoms. The smallest absolute Gasteiger partial charge is 0.336 e. The van der Waals surface area contributed by atoms with E-state index in [2.05, 4.69) is 20.7 Å². The average Bonchev–Trinajstić information content (AvgIpc) is 2.51. The molecule has 4 N–H and O–H groups in total. The summed E-state index contributed by atoms with van der Waals surface area (Å²) in [6.07, 6.45) is 0.